The van der Waals surface area contributed by atoms with E-state index < -0.39 is 0 Å². The van der Waals surface area contributed by atoms with E-state index in [4.69, 9.17) is 10.7 Å². The minimum atomic E-state index is 0.769. The molecule has 21 heavy (non-hydrogen) atoms. The number of nitrogens with two attached hydrogens (primary N) is 1. The number of hydrogen-bond acceptors (Lipinski definition) is 3. The number of nitrogens with zero attached hydrogens (tertiary/aromatic N) is 2. The van der Waals surface area contributed by atoms with Crippen LogP contribution in [0.2, 0.25) is 0 Å². The zero-order chi connectivity index (χ0) is 14.8. The Morgan fingerprint density at radius 1 is 1.05 bits per heavy atom. The largest absolute Gasteiger partial charge is 0.399 e. The number of rotatable bonds is 3. The highest BCUT2D eigenvalue weighted by Gasteiger charge is 2.05. The van der Waals surface area contributed by atoms with Gasteiger partial charge in [-0.15, -0.1) is 0 Å². The zero-order valence-corrected chi connectivity index (χ0v) is 12.4. The first-order valence-corrected chi connectivity index (χ1v) is 7.05. The van der Waals surface area contributed by atoms with Crippen LogP contribution in [0.1, 0.15) is 11.1 Å². The Morgan fingerprint density at radius 3 is 2.71 bits per heavy atom. The first-order valence-electron chi connectivity index (χ1n) is 7.05. The first-order chi connectivity index (χ1) is 10.1. The van der Waals surface area contributed by atoms with Crippen LogP contribution < -0.4 is 10.6 Å². The fraction of sp³-hybridized carbons (Fsp3) is 0.167. The molecule has 3 nitrogen and oxygen atoms in total. The van der Waals surface area contributed by atoms with E-state index in [-0.39, 0.29) is 0 Å². The van der Waals surface area contributed by atoms with Crippen molar-refractivity contribution in [3.8, 4) is 0 Å². The summed E-state index contributed by atoms with van der Waals surface area (Å²) in [4.78, 5) is 6.86. The summed E-state index contributed by atoms with van der Waals surface area (Å²) in [6.45, 7) is 2.96. The Morgan fingerprint density at radius 2 is 1.90 bits per heavy atom. The lowest BCUT2D eigenvalue weighted by molar-refractivity contribution is 0.901. The van der Waals surface area contributed by atoms with Gasteiger partial charge < -0.3 is 10.6 Å². The van der Waals surface area contributed by atoms with E-state index in [0.29, 0.717) is 0 Å². The second kappa shape index (κ2) is 5.44. The summed E-state index contributed by atoms with van der Waals surface area (Å²) < 4.78 is 0. The van der Waals surface area contributed by atoms with Crippen LogP contribution in [-0.2, 0) is 6.54 Å². The monoisotopic (exact) mass is 277 g/mol. The van der Waals surface area contributed by atoms with Crippen molar-refractivity contribution in [1.29, 1.82) is 0 Å². The van der Waals surface area contributed by atoms with Crippen molar-refractivity contribution in [2.24, 2.45) is 0 Å². The molecular weight excluding hydrogens is 258 g/mol. The lowest BCUT2D eigenvalue weighted by Gasteiger charge is -2.19. The molecule has 0 amide bonds. The van der Waals surface area contributed by atoms with E-state index in [1.807, 2.05) is 24.3 Å². The summed E-state index contributed by atoms with van der Waals surface area (Å²) in [5.74, 6) is 0.966. The standard InChI is InChI=1S/C18H19N3/c1-13-4-3-5-14(10-13)12-21(2)18-9-6-15-11-16(19)7-8-17(15)20-18/h3-11H,12,19H2,1-2H3. The highest BCUT2D eigenvalue weighted by Crippen LogP contribution is 2.20. The Kier molecular flexibility index (Phi) is 3.48. The Hall–Kier alpha value is -2.55. The number of hydrogen-bond donors (Lipinski definition) is 1. The van der Waals surface area contributed by atoms with Gasteiger partial charge in [-0.2, -0.15) is 0 Å². The lowest BCUT2D eigenvalue weighted by Crippen LogP contribution is -2.17. The lowest BCUT2D eigenvalue weighted by atomic mass is 10.1. The van der Waals surface area contributed by atoms with Crippen LogP contribution in [0.15, 0.2) is 54.6 Å². The quantitative estimate of drug-likeness (QED) is 0.741. The van der Waals surface area contributed by atoms with Crippen molar-refractivity contribution < 1.29 is 0 Å². The van der Waals surface area contributed by atoms with Gasteiger partial charge in [0.15, 0.2) is 0 Å². The van der Waals surface area contributed by atoms with Crippen LogP contribution in [0.3, 0.4) is 0 Å². The van der Waals surface area contributed by atoms with Gasteiger partial charge >= 0.3 is 0 Å². The Balaban J connectivity index is 1.87. The fourth-order valence-electron chi connectivity index (χ4n) is 2.51. The molecule has 0 aliphatic heterocycles. The number of pyridine rings is 1. The van der Waals surface area contributed by atoms with Gasteiger partial charge in [0.2, 0.25) is 0 Å². The average molecular weight is 277 g/mol. The molecule has 3 rings (SSSR count). The van der Waals surface area contributed by atoms with Crippen LogP contribution >= 0.6 is 0 Å². The van der Waals surface area contributed by atoms with Crippen LogP contribution in [0.25, 0.3) is 10.9 Å². The summed E-state index contributed by atoms with van der Waals surface area (Å²) >= 11 is 0. The molecule has 0 saturated heterocycles. The van der Waals surface area contributed by atoms with E-state index in [0.717, 1.165) is 29.0 Å². The number of fused-ring (bicyclic) bond motifs is 1. The molecule has 3 heteroatoms. The van der Waals surface area contributed by atoms with E-state index in [1.165, 1.54) is 11.1 Å². The van der Waals surface area contributed by atoms with Crippen molar-refractivity contribution in [3.63, 3.8) is 0 Å². The molecule has 2 aromatic carbocycles. The molecule has 0 aliphatic rings. The van der Waals surface area contributed by atoms with Gasteiger partial charge in [-0.1, -0.05) is 29.8 Å². The maximum absolute atomic E-state index is 5.80. The van der Waals surface area contributed by atoms with Crippen molar-refractivity contribution in [2.75, 3.05) is 17.7 Å². The van der Waals surface area contributed by atoms with Crippen molar-refractivity contribution in [1.82, 2.24) is 4.98 Å². The van der Waals surface area contributed by atoms with E-state index in [9.17, 15) is 0 Å². The third kappa shape index (κ3) is 2.97. The predicted octanol–water partition coefficient (Wildman–Crippen LogP) is 3.76. The average Bonchev–Trinajstić information content (AvgIpc) is 2.46. The van der Waals surface area contributed by atoms with E-state index in [1.54, 1.807) is 0 Å². The van der Waals surface area contributed by atoms with Gasteiger partial charge in [-0.3, -0.25) is 0 Å². The summed E-state index contributed by atoms with van der Waals surface area (Å²) in [5, 5.41) is 1.07. The van der Waals surface area contributed by atoms with Gasteiger partial charge in [0.1, 0.15) is 5.82 Å². The topological polar surface area (TPSA) is 42.1 Å². The van der Waals surface area contributed by atoms with E-state index in [2.05, 4.69) is 49.2 Å². The summed E-state index contributed by atoms with van der Waals surface area (Å²) in [7, 11) is 2.06. The third-order valence-electron chi connectivity index (χ3n) is 3.59. The molecular formula is C18H19N3. The number of aryl methyl sites for hydroxylation is 1. The molecule has 1 aromatic heterocycles. The summed E-state index contributed by atoms with van der Waals surface area (Å²) in [5.41, 5.74) is 10.1. The van der Waals surface area contributed by atoms with Crippen LogP contribution in [0, 0.1) is 6.92 Å². The van der Waals surface area contributed by atoms with Gasteiger partial charge in [0.25, 0.3) is 0 Å². The maximum Gasteiger partial charge on any atom is 0.129 e. The first kappa shape index (κ1) is 13.4. The molecule has 2 N–H and O–H groups in total. The zero-order valence-electron chi connectivity index (χ0n) is 12.4. The number of benzene rings is 2. The SMILES string of the molecule is Cc1cccc(CN(C)c2ccc3cc(N)ccc3n2)c1. The summed E-state index contributed by atoms with van der Waals surface area (Å²) in [6.07, 6.45) is 0. The molecule has 0 spiro atoms. The second-order valence-electron chi connectivity index (χ2n) is 5.47. The molecule has 0 aliphatic carbocycles. The second-order valence-corrected chi connectivity index (χ2v) is 5.47. The molecule has 3 aromatic rings. The van der Waals surface area contributed by atoms with Gasteiger partial charge in [0.05, 0.1) is 5.52 Å². The van der Waals surface area contributed by atoms with Gasteiger partial charge in [-0.05, 0) is 42.8 Å². The Bertz CT molecular complexity index is 780. The van der Waals surface area contributed by atoms with E-state index >= 15 is 0 Å². The highest BCUT2D eigenvalue weighted by molar-refractivity contribution is 5.83. The predicted molar refractivity (Wildman–Crippen MR) is 89.4 cm³/mol. The van der Waals surface area contributed by atoms with Crippen LogP contribution in [0.5, 0.6) is 0 Å². The molecule has 1 heterocycles. The third-order valence-corrected chi connectivity index (χ3v) is 3.59. The fourth-order valence-corrected chi connectivity index (χ4v) is 2.51. The maximum atomic E-state index is 5.80. The van der Waals surface area contributed by atoms with Crippen molar-refractivity contribution in [2.45, 2.75) is 13.5 Å². The smallest absolute Gasteiger partial charge is 0.129 e. The molecule has 0 unspecified atom stereocenters. The van der Waals surface area contributed by atoms with Crippen LogP contribution in [-0.4, -0.2) is 12.0 Å². The normalized spacial score (nSPS) is 10.8. The molecule has 0 fully saturated rings. The molecule has 0 radical (unpaired) electrons. The van der Waals surface area contributed by atoms with Crippen LogP contribution in [0.4, 0.5) is 11.5 Å². The Labute approximate surface area is 125 Å². The number of anilines is 2. The number of aromatic nitrogens is 1. The minimum Gasteiger partial charge on any atom is -0.399 e. The summed E-state index contributed by atoms with van der Waals surface area (Å²) in [6, 6.07) is 18.5. The van der Waals surface area contributed by atoms with Gasteiger partial charge in [-0.25, -0.2) is 4.98 Å². The molecule has 0 saturated carbocycles. The molecule has 0 atom stereocenters. The van der Waals surface area contributed by atoms with Crippen molar-refractivity contribution >= 4 is 22.4 Å². The molecule has 0 bridgehead atoms. The minimum absolute atomic E-state index is 0.769. The number of nitrogen functional groups attached to an aromatic ring is 1. The van der Waals surface area contributed by atoms with Gasteiger partial charge in [0, 0.05) is 24.7 Å². The van der Waals surface area contributed by atoms with Crippen molar-refractivity contribution in [3.05, 3.63) is 65.7 Å². The molecule has 106 valence electrons. The highest BCUT2D eigenvalue weighted by atomic mass is 15.2.